The Balaban J connectivity index is 1.85. The number of carbonyl (C=O) groups excluding carboxylic acids is 1. The molecule has 0 saturated carbocycles. The van der Waals surface area contributed by atoms with Gasteiger partial charge in [0, 0.05) is 6.42 Å². The molecule has 0 unspecified atom stereocenters. The summed E-state index contributed by atoms with van der Waals surface area (Å²) in [5.74, 6) is 1.42. The minimum Gasteiger partial charge on any atom is -0.467 e. The van der Waals surface area contributed by atoms with Crippen molar-refractivity contribution in [1.82, 2.24) is 4.98 Å². The highest BCUT2D eigenvalue weighted by atomic mass is 16.3. The molecule has 2 aromatic heterocycles. The number of anilines is 2. The number of aromatic nitrogens is 1. The van der Waals surface area contributed by atoms with Gasteiger partial charge in [-0.15, -0.1) is 0 Å². The maximum Gasteiger partial charge on any atom is 0.225 e. The maximum atomic E-state index is 11.4. The molecular formula is C14H17N3O2. The zero-order valence-electron chi connectivity index (χ0n) is 10.8. The van der Waals surface area contributed by atoms with Crippen molar-refractivity contribution in [2.45, 2.75) is 26.3 Å². The van der Waals surface area contributed by atoms with Gasteiger partial charge >= 0.3 is 0 Å². The van der Waals surface area contributed by atoms with Gasteiger partial charge in [-0.1, -0.05) is 6.92 Å². The molecule has 0 atom stereocenters. The Hall–Kier alpha value is -2.30. The van der Waals surface area contributed by atoms with Crippen LogP contribution in [0, 0.1) is 0 Å². The van der Waals surface area contributed by atoms with Crippen LogP contribution in [0.15, 0.2) is 41.1 Å². The summed E-state index contributed by atoms with van der Waals surface area (Å²) in [6.07, 6.45) is 4.67. The van der Waals surface area contributed by atoms with Gasteiger partial charge in [0.1, 0.15) is 11.6 Å². The second kappa shape index (κ2) is 6.58. The largest absolute Gasteiger partial charge is 0.467 e. The molecule has 2 aromatic rings. The van der Waals surface area contributed by atoms with Crippen LogP contribution in [0.5, 0.6) is 0 Å². The molecule has 0 bridgehead atoms. The summed E-state index contributed by atoms with van der Waals surface area (Å²) in [7, 11) is 0. The molecule has 0 fully saturated rings. The molecule has 0 aliphatic carbocycles. The van der Waals surface area contributed by atoms with Gasteiger partial charge < -0.3 is 15.1 Å². The van der Waals surface area contributed by atoms with Gasteiger partial charge in [0.15, 0.2) is 0 Å². The number of furan rings is 1. The standard InChI is InChI=1S/C14H17N3O2/c1-2-4-14(18)17-13-7-6-11(9-16-13)15-10-12-5-3-8-19-12/h3,5-9,15H,2,4,10H2,1H3,(H,16,17,18). The van der Waals surface area contributed by atoms with E-state index in [-0.39, 0.29) is 5.91 Å². The molecule has 2 heterocycles. The summed E-state index contributed by atoms with van der Waals surface area (Å²) in [5, 5.41) is 5.93. The zero-order valence-corrected chi connectivity index (χ0v) is 10.8. The zero-order chi connectivity index (χ0) is 13.5. The van der Waals surface area contributed by atoms with Gasteiger partial charge in [0.05, 0.1) is 24.7 Å². The minimum absolute atomic E-state index is 0.00806. The second-order valence-electron chi connectivity index (χ2n) is 4.16. The first kappa shape index (κ1) is 13.1. The fourth-order valence-electron chi connectivity index (χ4n) is 1.61. The Labute approximate surface area is 112 Å². The van der Waals surface area contributed by atoms with Crippen molar-refractivity contribution in [2.75, 3.05) is 10.6 Å². The number of nitrogens with zero attached hydrogens (tertiary/aromatic N) is 1. The van der Waals surface area contributed by atoms with Crippen molar-refractivity contribution in [1.29, 1.82) is 0 Å². The maximum absolute atomic E-state index is 11.4. The summed E-state index contributed by atoms with van der Waals surface area (Å²) in [6, 6.07) is 7.40. The molecule has 0 aliphatic heterocycles. The third-order valence-corrected chi connectivity index (χ3v) is 2.55. The number of nitrogens with one attached hydrogen (secondary N) is 2. The lowest BCUT2D eigenvalue weighted by Gasteiger charge is -2.06. The van der Waals surface area contributed by atoms with E-state index in [4.69, 9.17) is 4.42 Å². The van der Waals surface area contributed by atoms with Crippen LogP contribution in [0.2, 0.25) is 0 Å². The van der Waals surface area contributed by atoms with Crippen LogP contribution in [-0.2, 0) is 11.3 Å². The summed E-state index contributed by atoms with van der Waals surface area (Å²) < 4.78 is 5.22. The highest BCUT2D eigenvalue weighted by molar-refractivity contribution is 5.89. The molecule has 2 rings (SSSR count). The molecule has 0 spiro atoms. The molecular weight excluding hydrogens is 242 g/mol. The van der Waals surface area contributed by atoms with E-state index in [9.17, 15) is 4.79 Å². The minimum atomic E-state index is -0.00806. The van der Waals surface area contributed by atoms with Crippen LogP contribution in [0.4, 0.5) is 11.5 Å². The van der Waals surface area contributed by atoms with Crippen molar-refractivity contribution in [3.63, 3.8) is 0 Å². The number of hydrogen-bond acceptors (Lipinski definition) is 4. The predicted octanol–water partition coefficient (Wildman–Crippen LogP) is 3.03. The molecule has 0 aromatic carbocycles. The quantitative estimate of drug-likeness (QED) is 0.836. The van der Waals surface area contributed by atoms with Gasteiger partial charge in [-0.2, -0.15) is 0 Å². The van der Waals surface area contributed by atoms with E-state index in [2.05, 4.69) is 15.6 Å². The molecule has 0 aliphatic rings. The third-order valence-electron chi connectivity index (χ3n) is 2.55. The number of pyridine rings is 1. The first-order chi connectivity index (χ1) is 9.28. The third kappa shape index (κ3) is 4.13. The van der Waals surface area contributed by atoms with E-state index in [1.54, 1.807) is 18.5 Å². The van der Waals surface area contributed by atoms with Crippen molar-refractivity contribution in [2.24, 2.45) is 0 Å². The van der Waals surface area contributed by atoms with E-state index >= 15 is 0 Å². The van der Waals surface area contributed by atoms with E-state index in [0.717, 1.165) is 17.9 Å². The van der Waals surface area contributed by atoms with Crippen molar-refractivity contribution in [3.05, 3.63) is 42.5 Å². The normalized spacial score (nSPS) is 10.2. The van der Waals surface area contributed by atoms with Gasteiger partial charge in [-0.3, -0.25) is 4.79 Å². The summed E-state index contributed by atoms with van der Waals surface area (Å²) in [6.45, 7) is 2.57. The first-order valence-corrected chi connectivity index (χ1v) is 6.30. The Kier molecular flexibility index (Phi) is 4.55. The Morgan fingerprint density at radius 1 is 1.37 bits per heavy atom. The second-order valence-corrected chi connectivity index (χ2v) is 4.16. The fraction of sp³-hybridized carbons (Fsp3) is 0.286. The Morgan fingerprint density at radius 3 is 2.89 bits per heavy atom. The molecule has 0 saturated heterocycles. The lowest BCUT2D eigenvalue weighted by atomic mass is 10.3. The van der Waals surface area contributed by atoms with Crippen LogP contribution < -0.4 is 10.6 Å². The Bertz CT molecular complexity index is 506. The summed E-state index contributed by atoms with van der Waals surface area (Å²) >= 11 is 0. The smallest absolute Gasteiger partial charge is 0.225 e. The van der Waals surface area contributed by atoms with Crippen LogP contribution in [-0.4, -0.2) is 10.9 Å². The molecule has 1 amide bonds. The van der Waals surface area contributed by atoms with Crippen LogP contribution >= 0.6 is 0 Å². The summed E-state index contributed by atoms with van der Waals surface area (Å²) in [4.78, 5) is 15.6. The monoisotopic (exact) mass is 259 g/mol. The number of hydrogen-bond donors (Lipinski definition) is 2. The van der Waals surface area contributed by atoms with E-state index in [1.165, 1.54) is 0 Å². The molecule has 19 heavy (non-hydrogen) atoms. The average molecular weight is 259 g/mol. The topological polar surface area (TPSA) is 67.2 Å². The highest BCUT2D eigenvalue weighted by Crippen LogP contribution is 2.11. The molecule has 5 nitrogen and oxygen atoms in total. The van der Waals surface area contributed by atoms with Gasteiger partial charge in [0.2, 0.25) is 5.91 Å². The number of amides is 1. The van der Waals surface area contributed by atoms with Crippen LogP contribution in [0.3, 0.4) is 0 Å². The van der Waals surface area contributed by atoms with Crippen LogP contribution in [0.25, 0.3) is 0 Å². The van der Waals surface area contributed by atoms with Crippen LogP contribution in [0.1, 0.15) is 25.5 Å². The van der Waals surface area contributed by atoms with Crippen molar-refractivity contribution < 1.29 is 9.21 Å². The van der Waals surface area contributed by atoms with Crippen molar-refractivity contribution >= 4 is 17.4 Å². The average Bonchev–Trinajstić information content (AvgIpc) is 2.91. The molecule has 5 heteroatoms. The lowest BCUT2D eigenvalue weighted by molar-refractivity contribution is -0.116. The summed E-state index contributed by atoms with van der Waals surface area (Å²) in [5.41, 5.74) is 0.880. The predicted molar refractivity (Wildman–Crippen MR) is 73.8 cm³/mol. The van der Waals surface area contributed by atoms with Gasteiger partial charge in [0.25, 0.3) is 0 Å². The number of carbonyl (C=O) groups is 1. The highest BCUT2D eigenvalue weighted by Gasteiger charge is 2.02. The molecule has 0 radical (unpaired) electrons. The Morgan fingerprint density at radius 2 is 2.26 bits per heavy atom. The lowest BCUT2D eigenvalue weighted by Crippen LogP contribution is -2.11. The SMILES string of the molecule is CCCC(=O)Nc1ccc(NCc2ccco2)cn1. The van der Waals surface area contributed by atoms with E-state index in [1.807, 2.05) is 25.1 Å². The van der Waals surface area contributed by atoms with Gasteiger partial charge in [-0.05, 0) is 30.7 Å². The van der Waals surface area contributed by atoms with Gasteiger partial charge in [-0.25, -0.2) is 4.98 Å². The fourth-order valence-corrected chi connectivity index (χ4v) is 1.61. The van der Waals surface area contributed by atoms with E-state index < -0.39 is 0 Å². The first-order valence-electron chi connectivity index (χ1n) is 6.30. The van der Waals surface area contributed by atoms with E-state index in [0.29, 0.717) is 18.8 Å². The number of rotatable bonds is 6. The molecule has 2 N–H and O–H groups in total. The molecule has 100 valence electrons. The van der Waals surface area contributed by atoms with Crippen molar-refractivity contribution in [3.8, 4) is 0 Å².